The van der Waals surface area contributed by atoms with Crippen LogP contribution in [-0.2, 0) is 10.2 Å². The molecule has 3 heteroatoms. The Morgan fingerprint density at radius 1 is 1.53 bits per heavy atom. The number of aromatic nitrogens is 1. The Kier molecular flexibility index (Phi) is 3.03. The summed E-state index contributed by atoms with van der Waals surface area (Å²) < 4.78 is 5.55. The number of ether oxygens (including phenoxy) is 1. The van der Waals surface area contributed by atoms with Gasteiger partial charge in [0.2, 0.25) is 0 Å². The zero-order valence-electron chi connectivity index (χ0n) is 9.20. The van der Waals surface area contributed by atoms with Crippen molar-refractivity contribution >= 4 is 0 Å². The van der Waals surface area contributed by atoms with Crippen LogP contribution in [0.5, 0.6) is 0 Å². The Morgan fingerprint density at radius 2 is 2.40 bits per heavy atom. The summed E-state index contributed by atoms with van der Waals surface area (Å²) in [6.45, 7) is 4.23. The van der Waals surface area contributed by atoms with Gasteiger partial charge in [0.05, 0.1) is 6.61 Å². The van der Waals surface area contributed by atoms with Crippen LogP contribution in [-0.4, -0.2) is 24.7 Å². The molecule has 1 aromatic rings. The Balaban J connectivity index is 2.28. The van der Waals surface area contributed by atoms with Crippen molar-refractivity contribution in [3.05, 3.63) is 29.6 Å². The van der Waals surface area contributed by atoms with Crippen molar-refractivity contribution in [2.45, 2.75) is 25.2 Å². The maximum Gasteiger partial charge on any atom is 0.0575 e. The predicted octanol–water partition coefficient (Wildman–Crippen LogP) is 1.40. The van der Waals surface area contributed by atoms with Gasteiger partial charge in [0.25, 0.3) is 0 Å². The molecule has 2 heterocycles. The van der Waals surface area contributed by atoms with E-state index in [1.54, 1.807) is 0 Å². The zero-order valence-corrected chi connectivity index (χ0v) is 9.20. The summed E-state index contributed by atoms with van der Waals surface area (Å²) in [6.07, 6.45) is 4.14. The molecule has 1 atom stereocenters. The van der Waals surface area contributed by atoms with Gasteiger partial charge in [-0.3, -0.25) is 4.98 Å². The van der Waals surface area contributed by atoms with Crippen LogP contribution in [0.4, 0.5) is 0 Å². The maximum absolute atomic E-state index is 5.90. The molecule has 0 amide bonds. The molecule has 0 aromatic carbocycles. The van der Waals surface area contributed by atoms with Crippen molar-refractivity contribution < 1.29 is 4.74 Å². The van der Waals surface area contributed by atoms with Gasteiger partial charge in [-0.1, -0.05) is 6.07 Å². The highest BCUT2D eigenvalue weighted by molar-refractivity contribution is 5.25. The quantitative estimate of drug-likeness (QED) is 0.795. The van der Waals surface area contributed by atoms with E-state index in [0.717, 1.165) is 31.7 Å². The lowest BCUT2D eigenvalue weighted by molar-refractivity contribution is 0.0376. The van der Waals surface area contributed by atoms with Gasteiger partial charge in [-0.25, -0.2) is 0 Å². The molecule has 15 heavy (non-hydrogen) atoms. The first-order valence-corrected chi connectivity index (χ1v) is 5.48. The molecule has 1 saturated heterocycles. The first-order valence-electron chi connectivity index (χ1n) is 5.48. The van der Waals surface area contributed by atoms with Crippen LogP contribution in [0.1, 0.15) is 24.1 Å². The number of rotatable bonds is 2. The molecule has 0 bridgehead atoms. The van der Waals surface area contributed by atoms with Crippen molar-refractivity contribution in [3.8, 4) is 0 Å². The number of nitrogens with zero attached hydrogens (tertiary/aromatic N) is 1. The van der Waals surface area contributed by atoms with Crippen LogP contribution in [0, 0.1) is 6.92 Å². The third kappa shape index (κ3) is 2.03. The molecule has 3 nitrogen and oxygen atoms in total. The topological polar surface area (TPSA) is 48.1 Å². The van der Waals surface area contributed by atoms with E-state index < -0.39 is 0 Å². The summed E-state index contributed by atoms with van der Waals surface area (Å²) in [7, 11) is 0. The maximum atomic E-state index is 5.90. The van der Waals surface area contributed by atoms with Gasteiger partial charge < -0.3 is 10.5 Å². The van der Waals surface area contributed by atoms with Crippen LogP contribution in [0.15, 0.2) is 18.3 Å². The number of hydrogen-bond donors (Lipinski definition) is 1. The molecular weight excluding hydrogens is 188 g/mol. The van der Waals surface area contributed by atoms with Gasteiger partial charge in [0, 0.05) is 30.5 Å². The van der Waals surface area contributed by atoms with Gasteiger partial charge in [-0.15, -0.1) is 0 Å². The van der Waals surface area contributed by atoms with E-state index in [0.29, 0.717) is 6.54 Å². The molecular formula is C12H18N2O. The monoisotopic (exact) mass is 206 g/mol. The minimum absolute atomic E-state index is 0.00104. The molecule has 1 fully saturated rings. The largest absolute Gasteiger partial charge is 0.380 e. The van der Waals surface area contributed by atoms with E-state index in [-0.39, 0.29) is 5.41 Å². The molecule has 0 saturated carbocycles. The van der Waals surface area contributed by atoms with Crippen molar-refractivity contribution in [1.29, 1.82) is 0 Å². The van der Waals surface area contributed by atoms with Gasteiger partial charge in [-0.2, -0.15) is 0 Å². The van der Waals surface area contributed by atoms with Gasteiger partial charge >= 0.3 is 0 Å². The number of pyridine rings is 1. The Bertz CT molecular complexity index is 315. The molecule has 0 radical (unpaired) electrons. The summed E-state index contributed by atoms with van der Waals surface area (Å²) in [5, 5.41) is 0. The second-order valence-corrected chi connectivity index (χ2v) is 4.33. The normalized spacial score (nSPS) is 26.5. The van der Waals surface area contributed by atoms with Crippen LogP contribution in [0.2, 0.25) is 0 Å². The molecule has 1 aliphatic rings. The lowest BCUT2D eigenvalue weighted by Gasteiger charge is -2.36. The first kappa shape index (κ1) is 10.6. The smallest absolute Gasteiger partial charge is 0.0575 e. The summed E-state index contributed by atoms with van der Waals surface area (Å²) >= 11 is 0. The fourth-order valence-electron chi connectivity index (χ4n) is 2.14. The first-order chi connectivity index (χ1) is 7.27. The standard InChI is InChI=1S/C12H18N2O/c1-10-3-4-11(7-14-10)12(8-13)5-2-6-15-9-12/h3-4,7H,2,5-6,8-9,13H2,1H3. The molecule has 0 spiro atoms. The van der Waals surface area contributed by atoms with E-state index in [2.05, 4.69) is 11.1 Å². The Morgan fingerprint density at radius 3 is 2.93 bits per heavy atom. The third-order valence-electron chi connectivity index (χ3n) is 3.24. The SMILES string of the molecule is Cc1ccc(C2(CN)CCCOC2)cn1. The number of nitrogens with two attached hydrogens (primary N) is 1. The predicted molar refractivity (Wildman–Crippen MR) is 59.8 cm³/mol. The van der Waals surface area contributed by atoms with Crippen LogP contribution in [0.3, 0.4) is 0 Å². The fraction of sp³-hybridized carbons (Fsp3) is 0.583. The number of aryl methyl sites for hydroxylation is 1. The van der Waals surface area contributed by atoms with E-state index in [4.69, 9.17) is 10.5 Å². The molecule has 1 aromatic heterocycles. The second kappa shape index (κ2) is 4.29. The van der Waals surface area contributed by atoms with E-state index in [1.807, 2.05) is 19.2 Å². The highest BCUT2D eigenvalue weighted by atomic mass is 16.5. The van der Waals surface area contributed by atoms with E-state index in [1.165, 1.54) is 5.56 Å². The highest BCUT2D eigenvalue weighted by Crippen LogP contribution is 2.31. The molecule has 82 valence electrons. The number of hydrogen-bond acceptors (Lipinski definition) is 3. The van der Waals surface area contributed by atoms with Crippen molar-refractivity contribution in [2.75, 3.05) is 19.8 Å². The molecule has 0 aliphatic carbocycles. The molecule has 2 N–H and O–H groups in total. The minimum atomic E-state index is -0.00104. The highest BCUT2D eigenvalue weighted by Gasteiger charge is 2.33. The summed E-state index contributed by atoms with van der Waals surface area (Å²) in [6, 6.07) is 4.17. The lowest BCUT2D eigenvalue weighted by Crippen LogP contribution is -2.42. The average molecular weight is 206 g/mol. The Hall–Kier alpha value is -0.930. The van der Waals surface area contributed by atoms with E-state index >= 15 is 0 Å². The minimum Gasteiger partial charge on any atom is -0.380 e. The summed E-state index contributed by atoms with van der Waals surface area (Å²) in [5.41, 5.74) is 8.16. The average Bonchev–Trinajstić information content (AvgIpc) is 2.31. The Labute approximate surface area is 90.7 Å². The molecule has 1 aliphatic heterocycles. The van der Waals surface area contributed by atoms with Crippen LogP contribution < -0.4 is 5.73 Å². The van der Waals surface area contributed by atoms with Gasteiger partial charge in [0.1, 0.15) is 0 Å². The van der Waals surface area contributed by atoms with Gasteiger partial charge in [-0.05, 0) is 31.4 Å². The van der Waals surface area contributed by atoms with Gasteiger partial charge in [0.15, 0.2) is 0 Å². The van der Waals surface area contributed by atoms with Crippen molar-refractivity contribution in [2.24, 2.45) is 5.73 Å². The zero-order chi connectivity index (χ0) is 10.7. The molecule has 2 rings (SSSR count). The van der Waals surface area contributed by atoms with Crippen molar-refractivity contribution in [3.63, 3.8) is 0 Å². The van der Waals surface area contributed by atoms with Crippen LogP contribution >= 0.6 is 0 Å². The van der Waals surface area contributed by atoms with Crippen LogP contribution in [0.25, 0.3) is 0 Å². The summed E-state index contributed by atoms with van der Waals surface area (Å²) in [5.74, 6) is 0. The van der Waals surface area contributed by atoms with Crippen molar-refractivity contribution in [1.82, 2.24) is 4.98 Å². The van der Waals surface area contributed by atoms with E-state index in [9.17, 15) is 0 Å². The third-order valence-corrected chi connectivity index (χ3v) is 3.24. The lowest BCUT2D eigenvalue weighted by atomic mass is 9.77. The fourth-order valence-corrected chi connectivity index (χ4v) is 2.14. The molecule has 1 unspecified atom stereocenters. The summed E-state index contributed by atoms with van der Waals surface area (Å²) in [4.78, 5) is 4.34. The second-order valence-electron chi connectivity index (χ2n) is 4.33.